The van der Waals surface area contributed by atoms with E-state index in [1.807, 2.05) is 66.6 Å². The number of para-hydroxylation sites is 1. The second kappa shape index (κ2) is 9.01. The fourth-order valence-electron chi connectivity index (χ4n) is 6.90. The van der Waals surface area contributed by atoms with Crippen molar-refractivity contribution in [3.8, 4) is 0 Å². The second-order valence-electron chi connectivity index (χ2n) is 10.7. The van der Waals surface area contributed by atoms with Crippen molar-refractivity contribution in [2.45, 2.75) is 31.3 Å². The molecular weight excluding hydrogens is 540 g/mol. The molecule has 1 amide bonds. The van der Waals surface area contributed by atoms with Crippen LogP contribution < -0.4 is 10.2 Å². The highest BCUT2D eigenvalue weighted by Crippen LogP contribution is 2.59. The third-order valence-electron chi connectivity index (χ3n) is 8.58. The van der Waals surface area contributed by atoms with Crippen LogP contribution in [0.15, 0.2) is 90.3 Å². The smallest absolute Gasteiger partial charge is 0.238 e. The standard InChI is InChI=1S/C33H25ClN2O3S/c1-18-9-14-25-22(16-18)19(2)17-27-33(23-6-3-4-7-24(23)35-32(33)39)28(30(37)20-10-12-21(34)13-11-20)29(36(25)27)31(38)26-8-5-15-40-26/h3-17,27-29H,1-2H3,(H,35,39)/t27-,28+,29+,33-/m1/s1. The molecule has 3 aliphatic heterocycles. The molecule has 198 valence electrons. The summed E-state index contributed by atoms with van der Waals surface area (Å²) in [4.78, 5) is 46.2. The Kier molecular flexibility index (Phi) is 5.63. The number of nitrogens with one attached hydrogen (secondary N) is 1. The largest absolute Gasteiger partial charge is 0.352 e. The van der Waals surface area contributed by atoms with Gasteiger partial charge in [0.05, 0.1) is 16.8 Å². The lowest BCUT2D eigenvalue weighted by Crippen LogP contribution is -2.51. The van der Waals surface area contributed by atoms with E-state index in [9.17, 15) is 14.4 Å². The summed E-state index contributed by atoms with van der Waals surface area (Å²) in [5.41, 5.74) is 4.47. The first-order valence-electron chi connectivity index (χ1n) is 13.2. The number of hydrogen-bond donors (Lipinski definition) is 1. The lowest BCUT2D eigenvalue weighted by molar-refractivity contribution is -0.121. The third-order valence-corrected chi connectivity index (χ3v) is 9.71. The summed E-state index contributed by atoms with van der Waals surface area (Å²) < 4.78 is 0. The summed E-state index contributed by atoms with van der Waals surface area (Å²) in [6, 6.07) is 22.6. The Morgan fingerprint density at radius 2 is 1.73 bits per heavy atom. The summed E-state index contributed by atoms with van der Waals surface area (Å²) >= 11 is 7.52. The highest BCUT2D eigenvalue weighted by atomic mass is 35.5. The number of hydrogen-bond acceptors (Lipinski definition) is 5. The molecule has 1 spiro atoms. The summed E-state index contributed by atoms with van der Waals surface area (Å²) in [5, 5.41) is 5.44. The first-order chi connectivity index (χ1) is 19.3. The number of fused-ring (bicyclic) bond motifs is 6. The molecular formula is C33H25ClN2O3S. The van der Waals surface area contributed by atoms with E-state index in [0.717, 1.165) is 28.0 Å². The number of benzene rings is 3. The molecule has 1 fully saturated rings. The highest BCUT2D eigenvalue weighted by Gasteiger charge is 2.70. The molecule has 0 bridgehead atoms. The second-order valence-corrected chi connectivity index (χ2v) is 12.1. The van der Waals surface area contributed by atoms with Gasteiger partial charge in [0, 0.05) is 27.5 Å². The summed E-state index contributed by atoms with van der Waals surface area (Å²) in [7, 11) is 0. The van der Waals surface area contributed by atoms with Gasteiger partial charge in [-0.25, -0.2) is 0 Å². The van der Waals surface area contributed by atoms with E-state index in [4.69, 9.17) is 11.6 Å². The van der Waals surface area contributed by atoms with Crippen LogP contribution in [0.4, 0.5) is 11.4 Å². The van der Waals surface area contributed by atoms with E-state index in [1.165, 1.54) is 11.3 Å². The molecule has 7 rings (SSSR count). The van der Waals surface area contributed by atoms with Gasteiger partial charge in [0.1, 0.15) is 11.5 Å². The molecule has 1 N–H and O–H groups in total. The maximum Gasteiger partial charge on any atom is 0.238 e. The molecule has 0 unspecified atom stereocenters. The van der Waals surface area contributed by atoms with Crippen LogP contribution in [0.2, 0.25) is 5.02 Å². The molecule has 7 heteroatoms. The molecule has 4 atom stereocenters. The molecule has 0 saturated carbocycles. The predicted molar refractivity (Wildman–Crippen MR) is 160 cm³/mol. The maximum atomic E-state index is 14.7. The summed E-state index contributed by atoms with van der Waals surface area (Å²) in [6.07, 6.45) is 2.08. The van der Waals surface area contributed by atoms with Crippen molar-refractivity contribution in [3.63, 3.8) is 0 Å². The Balaban J connectivity index is 1.56. The number of aryl methyl sites for hydroxylation is 1. The Morgan fingerprint density at radius 3 is 2.48 bits per heavy atom. The Morgan fingerprint density at radius 1 is 0.950 bits per heavy atom. The number of carbonyl (C=O) groups excluding carboxylic acids is 3. The molecule has 4 heterocycles. The van der Waals surface area contributed by atoms with Crippen LogP contribution in [0.25, 0.3) is 5.57 Å². The van der Waals surface area contributed by atoms with Gasteiger partial charge >= 0.3 is 0 Å². The number of Topliss-reactive ketones (excluding diaryl/α,β-unsaturated/α-hetero) is 2. The average molecular weight is 565 g/mol. The highest BCUT2D eigenvalue weighted by molar-refractivity contribution is 7.12. The van der Waals surface area contributed by atoms with Gasteiger partial charge in [-0.1, -0.05) is 53.6 Å². The van der Waals surface area contributed by atoms with Crippen LogP contribution in [0.5, 0.6) is 0 Å². The number of anilines is 2. The van der Waals surface area contributed by atoms with Crippen LogP contribution in [0.3, 0.4) is 0 Å². The van der Waals surface area contributed by atoms with Crippen molar-refractivity contribution in [2.24, 2.45) is 5.92 Å². The van der Waals surface area contributed by atoms with Crippen molar-refractivity contribution >= 4 is 57.4 Å². The van der Waals surface area contributed by atoms with E-state index < -0.39 is 23.4 Å². The number of ketones is 2. The van der Waals surface area contributed by atoms with E-state index in [0.29, 0.717) is 21.2 Å². The molecule has 3 aromatic carbocycles. The number of allylic oxidation sites excluding steroid dienone is 1. The van der Waals surface area contributed by atoms with Crippen LogP contribution in [-0.2, 0) is 10.2 Å². The van der Waals surface area contributed by atoms with Crippen molar-refractivity contribution in [1.29, 1.82) is 0 Å². The maximum absolute atomic E-state index is 14.7. The van der Waals surface area contributed by atoms with E-state index >= 15 is 0 Å². The van der Waals surface area contributed by atoms with Crippen molar-refractivity contribution < 1.29 is 14.4 Å². The SMILES string of the molecule is CC1=C[C@H]2N(c3ccc(C)cc31)[C@H](C(=O)c1cccs1)[C@@H](C(=O)c1ccc(Cl)cc1)[C@]21C(=O)Nc2ccccc21. The van der Waals surface area contributed by atoms with E-state index in [-0.39, 0.29) is 17.5 Å². The topological polar surface area (TPSA) is 66.5 Å². The number of carbonyl (C=O) groups is 3. The molecule has 1 saturated heterocycles. The molecule has 1 aromatic heterocycles. The van der Waals surface area contributed by atoms with Gasteiger partial charge in [-0.15, -0.1) is 11.3 Å². The number of rotatable bonds is 4. The normalized spacial score (nSPS) is 24.3. The van der Waals surface area contributed by atoms with Crippen LogP contribution in [-0.4, -0.2) is 29.6 Å². The summed E-state index contributed by atoms with van der Waals surface area (Å²) in [6.45, 7) is 4.07. The van der Waals surface area contributed by atoms with Gasteiger partial charge < -0.3 is 10.2 Å². The summed E-state index contributed by atoms with van der Waals surface area (Å²) in [5.74, 6) is -1.68. The van der Waals surface area contributed by atoms with Crippen molar-refractivity contribution in [1.82, 2.24) is 0 Å². The van der Waals surface area contributed by atoms with Gasteiger partial charge in [-0.3, -0.25) is 14.4 Å². The first-order valence-corrected chi connectivity index (χ1v) is 14.4. The molecule has 40 heavy (non-hydrogen) atoms. The lowest BCUT2D eigenvalue weighted by atomic mass is 9.64. The Labute approximate surface area is 241 Å². The molecule has 4 aromatic rings. The van der Waals surface area contributed by atoms with Gasteiger partial charge in [0.25, 0.3) is 0 Å². The zero-order valence-corrected chi connectivity index (χ0v) is 23.4. The fraction of sp³-hybridized carbons (Fsp3) is 0.182. The number of nitrogens with zero attached hydrogens (tertiary/aromatic N) is 1. The predicted octanol–water partition coefficient (Wildman–Crippen LogP) is 6.96. The van der Waals surface area contributed by atoms with Crippen LogP contribution in [0, 0.1) is 12.8 Å². The molecule has 3 aliphatic rings. The minimum atomic E-state index is -1.32. The third kappa shape index (κ3) is 3.36. The average Bonchev–Trinajstić information content (AvgIpc) is 3.66. The molecule has 5 nitrogen and oxygen atoms in total. The van der Waals surface area contributed by atoms with E-state index in [1.54, 1.807) is 30.3 Å². The minimum absolute atomic E-state index is 0.166. The van der Waals surface area contributed by atoms with E-state index in [2.05, 4.69) is 17.5 Å². The first kappa shape index (κ1) is 25.0. The van der Waals surface area contributed by atoms with Gasteiger partial charge in [-0.05, 0) is 78.9 Å². The van der Waals surface area contributed by atoms with Crippen molar-refractivity contribution in [3.05, 3.63) is 122 Å². The van der Waals surface area contributed by atoms with Gasteiger partial charge in [0.2, 0.25) is 5.91 Å². The zero-order valence-electron chi connectivity index (χ0n) is 21.9. The Bertz CT molecular complexity index is 1740. The van der Waals surface area contributed by atoms with Crippen LogP contribution in [0.1, 0.15) is 43.6 Å². The van der Waals surface area contributed by atoms with Gasteiger partial charge in [-0.2, -0.15) is 0 Å². The van der Waals surface area contributed by atoms with Crippen LogP contribution >= 0.6 is 22.9 Å². The monoisotopic (exact) mass is 564 g/mol. The van der Waals surface area contributed by atoms with Gasteiger partial charge in [0.15, 0.2) is 11.6 Å². The number of amides is 1. The molecule has 0 aliphatic carbocycles. The zero-order chi connectivity index (χ0) is 27.8. The van der Waals surface area contributed by atoms with Crippen molar-refractivity contribution in [2.75, 3.05) is 10.2 Å². The Hall–Kier alpha value is -4.00. The molecule has 0 radical (unpaired) electrons. The minimum Gasteiger partial charge on any atom is -0.352 e. The fourth-order valence-corrected chi connectivity index (χ4v) is 7.73. The number of halogens is 1. The lowest BCUT2D eigenvalue weighted by Gasteiger charge is -2.39. The quantitative estimate of drug-likeness (QED) is 0.272. The number of thiophene rings is 1.